The molecule has 0 aliphatic carbocycles. The first-order valence-electron chi connectivity index (χ1n) is 18.4. The number of hydrogen-bond donors (Lipinski definition) is 1. The molecule has 1 amide bonds. The molecular weight excluding hydrogens is 695 g/mol. The minimum absolute atomic E-state index is 0. The summed E-state index contributed by atoms with van der Waals surface area (Å²) in [5.74, 6) is 1.14. The van der Waals surface area contributed by atoms with Crippen molar-refractivity contribution in [1.29, 1.82) is 0 Å². The standard InChI is InChI=1S/C36H53FN8O4S.ClH/c1-26(2)45(27(3)4)34(46)30-17-29(37)5-6-31(30)49-32-18-38-25-40-33(32)42-22-35(23-42)9-14-41(15-10-35)19-28-7-12-43(13-8-28)50(47,48)44-16-11-36(24-44)20-39-21-36;/h5-6,17-18,25-28,39H,7-16,19-24H2,1-4H3;1H. The molecule has 15 heteroatoms. The lowest BCUT2D eigenvalue weighted by molar-refractivity contribution is 0.0607. The van der Waals surface area contributed by atoms with Gasteiger partial charge in [-0.1, -0.05) is 0 Å². The van der Waals surface area contributed by atoms with Gasteiger partial charge in [0.05, 0.1) is 11.8 Å². The summed E-state index contributed by atoms with van der Waals surface area (Å²) >= 11 is 0. The highest BCUT2D eigenvalue weighted by molar-refractivity contribution is 7.86. The van der Waals surface area contributed by atoms with Crippen LogP contribution in [0.1, 0.15) is 70.2 Å². The molecule has 0 bridgehead atoms. The molecule has 0 atom stereocenters. The zero-order valence-electron chi connectivity index (χ0n) is 30.4. The van der Waals surface area contributed by atoms with Crippen molar-refractivity contribution in [3.05, 3.63) is 42.1 Å². The van der Waals surface area contributed by atoms with Crippen molar-refractivity contribution in [2.24, 2.45) is 16.7 Å². The van der Waals surface area contributed by atoms with E-state index in [1.54, 1.807) is 19.7 Å². The van der Waals surface area contributed by atoms with Crippen molar-refractivity contribution in [2.75, 3.05) is 76.9 Å². The normalized spacial score (nSPS) is 22.6. The SMILES string of the molecule is CC(C)N(C(=O)c1cc(F)ccc1Oc1cncnc1N1CC2(CCN(CC3CCN(S(=O)(=O)N4CCC5(CNC5)C4)CC3)CC2)C1)C(C)C.Cl. The third-order valence-electron chi connectivity index (χ3n) is 11.8. The number of ether oxygens (including phenoxy) is 1. The van der Waals surface area contributed by atoms with Gasteiger partial charge in [-0.25, -0.2) is 14.4 Å². The first kappa shape index (κ1) is 38.1. The predicted molar refractivity (Wildman–Crippen MR) is 197 cm³/mol. The van der Waals surface area contributed by atoms with Crippen LogP contribution in [0.15, 0.2) is 30.7 Å². The Morgan fingerprint density at radius 2 is 1.63 bits per heavy atom. The molecule has 5 aliphatic heterocycles. The summed E-state index contributed by atoms with van der Waals surface area (Å²) < 4.78 is 50.9. The summed E-state index contributed by atoms with van der Waals surface area (Å²) in [6.45, 7) is 17.0. The second-order valence-electron chi connectivity index (χ2n) is 16.0. The maximum atomic E-state index is 14.4. The number of benzene rings is 1. The highest BCUT2D eigenvalue weighted by atomic mass is 35.5. The van der Waals surface area contributed by atoms with Gasteiger partial charge in [-0.05, 0) is 97.0 Å². The molecule has 5 fully saturated rings. The Kier molecular flexibility index (Phi) is 11.2. The Bertz CT molecular complexity index is 1650. The number of carbonyl (C=O) groups excluding carboxylic acids is 1. The molecule has 1 aromatic heterocycles. The van der Waals surface area contributed by atoms with Gasteiger partial charge < -0.3 is 24.8 Å². The molecule has 5 saturated heterocycles. The number of piperidine rings is 2. The van der Waals surface area contributed by atoms with E-state index in [1.807, 2.05) is 27.7 Å². The van der Waals surface area contributed by atoms with Gasteiger partial charge in [-0.3, -0.25) is 4.79 Å². The van der Waals surface area contributed by atoms with Gasteiger partial charge in [0, 0.05) is 81.8 Å². The molecule has 7 rings (SSSR count). The Labute approximate surface area is 308 Å². The molecule has 51 heavy (non-hydrogen) atoms. The van der Waals surface area contributed by atoms with E-state index in [9.17, 15) is 17.6 Å². The van der Waals surface area contributed by atoms with E-state index in [1.165, 1.54) is 24.5 Å². The number of nitrogens with zero attached hydrogens (tertiary/aromatic N) is 7. The number of rotatable bonds is 10. The Morgan fingerprint density at radius 3 is 2.24 bits per heavy atom. The van der Waals surface area contributed by atoms with Gasteiger partial charge in [-0.2, -0.15) is 17.0 Å². The fourth-order valence-corrected chi connectivity index (χ4v) is 10.6. The second kappa shape index (κ2) is 15.0. The summed E-state index contributed by atoms with van der Waals surface area (Å²) in [5, 5.41) is 3.31. The predicted octanol–water partition coefficient (Wildman–Crippen LogP) is 4.24. The van der Waals surface area contributed by atoms with Crippen molar-refractivity contribution in [1.82, 2.24) is 33.7 Å². The van der Waals surface area contributed by atoms with Crippen LogP contribution in [0.5, 0.6) is 11.5 Å². The van der Waals surface area contributed by atoms with Crippen LogP contribution in [0.2, 0.25) is 0 Å². The van der Waals surface area contributed by atoms with E-state index in [-0.39, 0.29) is 52.5 Å². The molecule has 1 N–H and O–H groups in total. The molecule has 2 spiro atoms. The maximum Gasteiger partial charge on any atom is 0.281 e. The van der Waals surface area contributed by atoms with Crippen molar-refractivity contribution < 1.29 is 22.3 Å². The van der Waals surface area contributed by atoms with Crippen molar-refractivity contribution in [3.8, 4) is 11.5 Å². The second-order valence-corrected chi connectivity index (χ2v) is 18.0. The zero-order chi connectivity index (χ0) is 35.3. The highest BCUT2D eigenvalue weighted by Crippen LogP contribution is 2.45. The molecule has 0 saturated carbocycles. The third kappa shape index (κ3) is 7.73. The van der Waals surface area contributed by atoms with Crippen molar-refractivity contribution >= 4 is 34.3 Å². The molecule has 1 aromatic carbocycles. The van der Waals surface area contributed by atoms with Gasteiger partial charge in [0.2, 0.25) is 0 Å². The van der Waals surface area contributed by atoms with Crippen LogP contribution >= 0.6 is 12.4 Å². The summed E-state index contributed by atoms with van der Waals surface area (Å²) in [6.07, 6.45) is 8.11. The fraction of sp³-hybridized carbons (Fsp3) is 0.694. The maximum absolute atomic E-state index is 14.4. The van der Waals surface area contributed by atoms with E-state index >= 15 is 0 Å². The van der Waals surface area contributed by atoms with Crippen LogP contribution in [0, 0.1) is 22.6 Å². The minimum Gasteiger partial charge on any atom is -0.451 e. The van der Waals surface area contributed by atoms with Gasteiger partial charge in [-0.15, -0.1) is 12.4 Å². The Hall–Kier alpha value is -2.62. The van der Waals surface area contributed by atoms with Crippen LogP contribution in [0.25, 0.3) is 0 Å². The van der Waals surface area contributed by atoms with Crippen LogP contribution in [0.4, 0.5) is 10.2 Å². The summed E-state index contributed by atoms with van der Waals surface area (Å²) in [4.78, 5) is 28.9. The monoisotopic (exact) mass is 748 g/mol. The number of anilines is 1. The van der Waals surface area contributed by atoms with Crippen molar-refractivity contribution in [2.45, 2.75) is 71.9 Å². The average molecular weight is 749 g/mol. The average Bonchev–Trinajstić information content (AvgIpc) is 3.54. The third-order valence-corrected chi connectivity index (χ3v) is 13.8. The lowest BCUT2D eigenvalue weighted by Gasteiger charge is -2.54. The lowest BCUT2D eigenvalue weighted by atomic mass is 9.72. The number of nitrogens with one attached hydrogen (secondary N) is 1. The Morgan fingerprint density at radius 1 is 0.961 bits per heavy atom. The van der Waals surface area contributed by atoms with Gasteiger partial charge in [0.15, 0.2) is 11.6 Å². The number of likely N-dealkylation sites (tertiary alicyclic amines) is 1. The van der Waals surface area contributed by atoms with Gasteiger partial charge in [0.25, 0.3) is 16.1 Å². The summed E-state index contributed by atoms with van der Waals surface area (Å²) in [5.41, 5.74) is 0.553. The summed E-state index contributed by atoms with van der Waals surface area (Å²) in [7, 11) is -3.37. The highest BCUT2D eigenvalue weighted by Gasteiger charge is 2.49. The van der Waals surface area contributed by atoms with E-state index in [0.717, 1.165) is 77.9 Å². The molecule has 282 valence electrons. The molecule has 0 radical (unpaired) electrons. The molecule has 2 aromatic rings. The smallest absolute Gasteiger partial charge is 0.281 e. The first-order chi connectivity index (χ1) is 23.9. The largest absolute Gasteiger partial charge is 0.451 e. The van der Waals surface area contributed by atoms with Crippen LogP contribution in [-0.4, -0.2) is 127 Å². The minimum atomic E-state index is -3.37. The Balaban J connectivity index is 0.00000448. The number of aromatic nitrogens is 2. The van der Waals surface area contributed by atoms with Gasteiger partial charge in [0.1, 0.15) is 17.9 Å². The fourth-order valence-electron chi connectivity index (χ4n) is 8.85. The summed E-state index contributed by atoms with van der Waals surface area (Å²) in [6, 6.07) is 3.93. The molecule has 5 aliphatic rings. The molecule has 6 heterocycles. The van der Waals surface area contributed by atoms with Gasteiger partial charge >= 0.3 is 0 Å². The van der Waals surface area contributed by atoms with Crippen molar-refractivity contribution in [3.63, 3.8) is 0 Å². The van der Waals surface area contributed by atoms with Crippen LogP contribution in [-0.2, 0) is 10.2 Å². The van der Waals surface area contributed by atoms with E-state index in [0.29, 0.717) is 43.7 Å². The molecule has 0 unspecified atom stereocenters. The molecule has 12 nitrogen and oxygen atoms in total. The zero-order valence-corrected chi connectivity index (χ0v) is 32.0. The first-order valence-corrected chi connectivity index (χ1v) is 19.8. The topological polar surface area (TPSA) is 114 Å². The van der Waals surface area contributed by atoms with E-state index in [4.69, 9.17) is 4.74 Å². The number of halogens is 2. The quantitative estimate of drug-likeness (QED) is 0.381. The van der Waals surface area contributed by atoms with Crippen LogP contribution in [0.3, 0.4) is 0 Å². The van der Waals surface area contributed by atoms with E-state index in [2.05, 4.69) is 25.1 Å². The number of carbonyl (C=O) groups is 1. The number of amides is 1. The number of hydrogen-bond acceptors (Lipinski definition) is 9. The molecular formula is C36H54ClFN8O4S. The van der Waals surface area contributed by atoms with Crippen LogP contribution < -0.4 is 15.0 Å². The van der Waals surface area contributed by atoms with E-state index < -0.39 is 16.0 Å². The lowest BCUT2D eigenvalue weighted by Crippen LogP contribution is -2.61.